The zero-order valence-corrected chi connectivity index (χ0v) is 12.4. The summed E-state index contributed by atoms with van der Waals surface area (Å²) in [5, 5.41) is 11.1. The van der Waals surface area contributed by atoms with Crippen LogP contribution in [0.4, 0.5) is 5.82 Å². The highest BCUT2D eigenvalue weighted by Gasteiger charge is 2.24. The molecule has 0 spiro atoms. The Bertz CT molecular complexity index is 481. The fourth-order valence-corrected chi connectivity index (χ4v) is 2.49. The number of hydrogen-bond donors (Lipinski definition) is 1. The molecule has 1 saturated carbocycles. The van der Waals surface area contributed by atoms with Crippen molar-refractivity contribution in [3.05, 3.63) is 17.8 Å². The lowest BCUT2D eigenvalue weighted by atomic mass is 10.1. The van der Waals surface area contributed by atoms with E-state index in [1.807, 2.05) is 18.0 Å². The van der Waals surface area contributed by atoms with Crippen LogP contribution in [0.25, 0.3) is 0 Å². The van der Waals surface area contributed by atoms with E-state index in [2.05, 4.69) is 15.5 Å². The van der Waals surface area contributed by atoms with Crippen LogP contribution in [0.5, 0.6) is 0 Å². The molecule has 0 bridgehead atoms. The summed E-state index contributed by atoms with van der Waals surface area (Å²) in [6.07, 6.45) is 5.89. The normalized spacial score (nSPS) is 21.9. The lowest BCUT2D eigenvalue weighted by Crippen LogP contribution is -2.34. The van der Waals surface area contributed by atoms with Gasteiger partial charge in [0.1, 0.15) is 0 Å². The number of carbonyl (C=O) groups excluding carboxylic acids is 1. The van der Waals surface area contributed by atoms with Crippen molar-refractivity contribution in [2.75, 3.05) is 25.1 Å². The van der Waals surface area contributed by atoms with Crippen molar-refractivity contribution in [3.63, 3.8) is 0 Å². The number of ether oxygens (including phenoxy) is 1. The molecule has 21 heavy (non-hydrogen) atoms. The second-order valence-electron chi connectivity index (χ2n) is 5.89. The van der Waals surface area contributed by atoms with Crippen molar-refractivity contribution in [3.8, 4) is 0 Å². The van der Waals surface area contributed by atoms with Crippen molar-refractivity contribution in [1.82, 2.24) is 15.5 Å². The SMILES string of the molecule is CN(CC1CCCCO1)c1ccc(C(=O)NC2CC2)nn1. The highest BCUT2D eigenvalue weighted by atomic mass is 16.5. The van der Waals surface area contributed by atoms with Crippen molar-refractivity contribution in [2.45, 2.75) is 44.2 Å². The molecule has 6 nitrogen and oxygen atoms in total. The second kappa shape index (κ2) is 6.39. The summed E-state index contributed by atoms with van der Waals surface area (Å²) in [6, 6.07) is 3.92. The van der Waals surface area contributed by atoms with Crippen LogP contribution in [-0.2, 0) is 4.74 Å². The standard InChI is InChI=1S/C15H22N4O2/c1-19(10-12-4-2-3-9-21-12)14-8-7-13(17-18-14)15(20)16-11-5-6-11/h7-8,11-12H,2-6,9-10H2,1H3,(H,16,20). The van der Waals surface area contributed by atoms with Gasteiger partial charge in [0.2, 0.25) is 0 Å². The largest absolute Gasteiger partial charge is 0.376 e. The fraction of sp³-hybridized carbons (Fsp3) is 0.667. The molecule has 1 aromatic rings. The van der Waals surface area contributed by atoms with E-state index in [1.54, 1.807) is 6.07 Å². The minimum absolute atomic E-state index is 0.130. The van der Waals surface area contributed by atoms with E-state index in [1.165, 1.54) is 6.42 Å². The summed E-state index contributed by atoms with van der Waals surface area (Å²) in [7, 11) is 1.98. The first kappa shape index (κ1) is 14.3. The minimum atomic E-state index is -0.130. The molecule has 1 amide bonds. The molecule has 1 unspecified atom stereocenters. The molecule has 1 atom stereocenters. The number of rotatable bonds is 5. The summed E-state index contributed by atoms with van der Waals surface area (Å²) in [5.41, 5.74) is 0.382. The highest BCUT2D eigenvalue weighted by Crippen LogP contribution is 2.19. The van der Waals surface area contributed by atoms with Crippen LogP contribution in [0.1, 0.15) is 42.6 Å². The molecule has 2 fully saturated rings. The molecule has 0 aromatic carbocycles. The van der Waals surface area contributed by atoms with E-state index in [0.29, 0.717) is 11.7 Å². The van der Waals surface area contributed by atoms with Crippen molar-refractivity contribution in [1.29, 1.82) is 0 Å². The van der Waals surface area contributed by atoms with E-state index in [-0.39, 0.29) is 12.0 Å². The third-order valence-corrected chi connectivity index (χ3v) is 3.94. The molecule has 6 heteroatoms. The average molecular weight is 290 g/mol. The summed E-state index contributed by atoms with van der Waals surface area (Å²) >= 11 is 0. The topological polar surface area (TPSA) is 67.3 Å². The first-order valence-electron chi connectivity index (χ1n) is 7.70. The zero-order valence-electron chi connectivity index (χ0n) is 12.4. The molecular formula is C15H22N4O2. The highest BCUT2D eigenvalue weighted by molar-refractivity contribution is 5.92. The van der Waals surface area contributed by atoms with Gasteiger partial charge in [-0.15, -0.1) is 10.2 Å². The average Bonchev–Trinajstić information content (AvgIpc) is 3.32. The number of nitrogens with one attached hydrogen (secondary N) is 1. The minimum Gasteiger partial charge on any atom is -0.376 e. The maximum absolute atomic E-state index is 11.8. The third-order valence-electron chi connectivity index (χ3n) is 3.94. The number of likely N-dealkylation sites (N-methyl/N-ethyl adjacent to an activating group) is 1. The van der Waals surface area contributed by atoms with Gasteiger partial charge >= 0.3 is 0 Å². The quantitative estimate of drug-likeness (QED) is 0.887. The van der Waals surface area contributed by atoms with E-state index < -0.39 is 0 Å². The Morgan fingerprint density at radius 1 is 1.33 bits per heavy atom. The third kappa shape index (κ3) is 3.91. The van der Waals surface area contributed by atoms with E-state index >= 15 is 0 Å². The first-order valence-corrected chi connectivity index (χ1v) is 7.70. The van der Waals surface area contributed by atoms with Crippen LogP contribution in [0.3, 0.4) is 0 Å². The number of aromatic nitrogens is 2. The zero-order chi connectivity index (χ0) is 14.7. The summed E-state index contributed by atoms with van der Waals surface area (Å²) in [5.74, 6) is 0.641. The van der Waals surface area contributed by atoms with Gasteiger partial charge < -0.3 is 15.0 Å². The van der Waals surface area contributed by atoms with Gasteiger partial charge in [-0.25, -0.2) is 0 Å². The summed E-state index contributed by atoms with van der Waals surface area (Å²) in [4.78, 5) is 13.9. The molecule has 1 N–H and O–H groups in total. The van der Waals surface area contributed by atoms with Gasteiger partial charge in [0, 0.05) is 26.2 Å². The van der Waals surface area contributed by atoms with Gasteiger partial charge in [0.25, 0.3) is 5.91 Å². The van der Waals surface area contributed by atoms with Gasteiger partial charge in [-0.05, 0) is 44.2 Å². The molecule has 3 rings (SSSR count). The van der Waals surface area contributed by atoms with Crippen LogP contribution in [0, 0.1) is 0 Å². The van der Waals surface area contributed by atoms with Crippen LogP contribution >= 0.6 is 0 Å². The molecular weight excluding hydrogens is 268 g/mol. The number of carbonyl (C=O) groups is 1. The molecule has 1 aromatic heterocycles. The van der Waals surface area contributed by atoms with Crippen LogP contribution in [0.15, 0.2) is 12.1 Å². The van der Waals surface area contributed by atoms with Gasteiger partial charge in [-0.3, -0.25) is 4.79 Å². The molecule has 114 valence electrons. The second-order valence-corrected chi connectivity index (χ2v) is 5.89. The Morgan fingerprint density at radius 3 is 2.81 bits per heavy atom. The molecule has 1 saturated heterocycles. The Balaban J connectivity index is 1.55. The predicted octanol–water partition coefficient (Wildman–Crippen LogP) is 1.37. The predicted molar refractivity (Wildman–Crippen MR) is 79.4 cm³/mol. The molecule has 1 aliphatic heterocycles. The van der Waals surface area contributed by atoms with Crippen LogP contribution in [-0.4, -0.2) is 48.4 Å². The molecule has 2 aliphatic rings. The fourth-order valence-electron chi connectivity index (χ4n) is 2.49. The molecule has 0 radical (unpaired) electrons. The Morgan fingerprint density at radius 2 is 2.19 bits per heavy atom. The monoisotopic (exact) mass is 290 g/mol. The van der Waals surface area contributed by atoms with Crippen LogP contribution in [0.2, 0.25) is 0 Å². The van der Waals surface area contributed by atoms with Gasteiger partial charge in [-0.2, -0.15) is 0 Å². The van der Waals surface area contributed by atoms with Gasteiger partial charge in [0.05, 0.1) is 6.10 Å². The molecule has 1 aliphatic carbocycles. The van der Waals surface area contributed by atoms with Crippen LogP contribution < -0.4 is 10.2 Å². The lowest BCUT2D eigenvalue weighted by Gasteiger charge is -2.27. The first-order chi connectivity index (χ1) is 10.2. The van der Waals surface area contributed by atoms with E-state index in [0.717, 1.165) is 44.7 Å². The van der Waals surface area contributed by atoms with Gasteiger partial charge in [-0.1, -0.05) is 0 Å². The van der Waals surface area contributed by atoms with Gasteiger partial charge in [0.15, 0.2) is 11.5 Å². The Kier molecular flexibility index (Phi) is 4.34. The van der Waals surface area contributed by atoms with Crippen molar-refractivity contribution in [2.24, 2.45) is 0 Å². The summed E-state index contributed by atoms with van der Waals surface area (Å²) < 4.78 is 5.73. The lowest BCUT2D eigenvalue weighted by molar-refractivity contribution is 0.0215. The summed E-state index contributed by atoms with van der Waals surface area (Å²) in [6.45, 7) is 1.66. The Labute approximate surface area is 124 Å². The number of anilines is 1. The maximum atomic E-state index is 11.8. The number of nitrogens with zero attached hydrogens (tertiary/aromatic N) is 3. The van der Waals surface area contributed by atoms with E-state index in [4.69, 9.17) is 4.74 Å². The van der Waals surface area contributed by atoms with Crippen molar-refractivity contribution < 1.29 is 9.53 Å². The smallest absolute Gasteiger partial charge is 0.272 e. The van der Waals surface area contributed by atoms with E-state index in [9.17, 15) is 4.79 Å². The Hall–Kier alpha value is -1.69. The maximum Gasteiger partial charge on any atom is 0.272 e. The van der Waals surface area contributed by atoms with Crippen molar-refractivity contribution >= 4 is 11.7 Å². The number of amides is 1. The molecule has 2 heterocycles. The number of hydrogen-bond acceptors (Lipinski definition) is 5.